The van der Waals surface area contributed by atoms with Crippen LogP contribution in [0.3, 0.4) is 0 Å². The Bertz CT molecular complexity index is 658. The molecule has 0 aliphatic carbocycles. The average molecular weight is 406 g/mol. The molecule has 3 aliphatic heterocycles. The average Bonchev–Trinajstić information content (AvgIpc) is 2.91. The molecule has 5 heteroatoms. The van der Waals surface area contributed by atoms with Crippen LogP contribution in [0.2, 0.25) is 5.02 Å². The van der Waals surface area contributed by atoms with Crippen molar-refractivity contribution in [3.05, 3.63) is 23.2 Å². The van der Waals surface area contributed by atoms with E-state index < -0.39 is 0 Å². The van der Waals surface area contributed by atoms with E-state index in [1.165, 1.54) is 18.5 Å². The molecular formula is C23H36ClN3O. The molecule has 2 bridgehead atoms. The molecule has 0 N–H and O–H groups in total. The SMILES string of the molecule is CC(C)N1CCC(Oc2cc(Cl)cc(N3[C@@H]4CC[C@H]3CN(C(C)C)C4)c2)CC1. The highest BCUT2D eigenvalue weighted by Crippen LogP contribution is 2.38. The number of anilines is 1. The lowest BCUT2D eigenvalue weighted by Gasteiger charge is -2.44. The zero-order valence-electron chi connectivity index (χ0n) is 17.9. The molecule has 0 spiro atoms. The maximum atomic E-state index is 6.52. The predicted octanol–water partition coefficient (Wildman–Crippen LogP) is 4.65. The van der Waals surface area contributed by atoms with Crippen LogP contribution < -0.4 is 9.64 Å². The van der Waals surface area contributed by atoms with Crippen molar-refractivity contribution in [1.29, 1.82) is 0 Å². The molecule has 3 aliphatic rings. The summed E-state index contributed by atoms with van der Waals surface area (Å²) in [6.07, 6.45) is 5.06. The highest BCUT2D eigenvalue weighted by molar-refractivity contribution is 6.31. The third-order valence-corrected chi connectivity index (χ3v) is 7.12. The second-order valence-electron chi connectivity index (χ2n) is 9.43. The topological polar surface area (TPSA) is 19.0 Å². The van der Waals surface area contributed by atoms with Crippen molar-refractivity contribution in [2.45, 2.75) is 83.6 Å². The van der Waals surface area contributed by atoms with Gasteiger partial charge in [0.2, 0.25) is 0 Å². The van der Waals surface area contributed by atoms with Crippen LogP contribution in [-0.4, -0.2) is 66.3 Å². The van der Waals surface area contributed by atoms with Gasteiger partial charge in [0.15, 0.2) is 0 Å². The molecular weight excluding hydrogens is 370 g/mol. The molecule has 28 heavy (non-hydrogen) atoms. The minimum Gasteiger partial charge on any atom is -0.490 e. The molecule has 1 aromatic rings. The molecule has 0 unspecified atom stereocenters. The van der Waals surface area contributed by atoms with Crippen LogP contribution in [0.25, 0.3) is 0 Å². The molecule has 156 valence electrons. The Hall–Kier alpha value is -0.970. The number of likely N-dealkylation sites (tertiary alicyclic amines) is 2. The molecule has 0 radical (unpaired) electrons. The van der Waals surface area contributed by atoms with Gasteiger partial charge in [-0.1, -0.05) is 11.6 Å². The summed E-state index contributed by atoms with van der Waals surface area (Å²) in [5, 5.41) is 0.790. The fourth-order valence-corrected chi connectivity index (χ4v) is 5.47. The van der Waals surface area contributed by atoms with Gasteiger partial charge >= 0.3 is 0 Å². The van der Waals surface area contributed by atoms with Crippen molar-refractivity contribution in [2.24, 2.45) is 0 Å². The first-order valence-corrected chi connectivity index (χ1v) is 11.5. The van der Waals surface area contributed by atoms with Crippen molar-refractivity contribution in [1.82, 2.24) is 9.80 Å². The lowest BCUT2D eigenvalue weighted by Crippen LogP contribution is -2.55. The molecule has 0 aromatic heterocycles. The standard InChI is InChI=1S/C23H36ClN3O/c1-16(2)25-9-7-22(8-10-25)28-23-12-18(24)11-21(13-23)27-19-5-6-20(27)15-26(14-19)17(3)4/h11-13,16-17,19-20,22H,5-10,14-15H2,1-4H3/t19-,20+. The van der Waals surface area contributed by atoms with Gasteiger partial charge in [0, 0.05) is 67.1 Å². The Morgan fingerprint density at radius 2 is 1.46 bits per heavy atom. The van der Waals surface area contributed by atoms with Crippen molar-refractivity contribution in [3.8, 4) is 5.75 Å². The number of halogens is 1. The molecule has 4 nitrogen and oxygen atoms in total. The zero-order valence-corrected chi connectivity index (χ0v) is 18.7. The predicted molar refractivity (Wildman–Crippen MR) is 118 cm³/mol. The maximum absolute atomic E-state index is 6.52. The van der Waals surface area contributed by atoms with Crippen molar-refractivity contribution >= 4 is 17.3 Å². The fraction of sp³-hybridized carbons (Fsp3) is 0.739. The molecule has 3 heterocycles. The van der Waals surface area contributed by atoms with Crippen molar-refractivity contribution in [2.75, 3.05) is 31.1 Å². The molecule has 2 atom stereocenters. The van der Waals surface area contributed by atoms with Crippen LogP contribution in [0.1, 0.15) is 53.4 Å². The van der Waals surface area contributed by atoms with E-state index in [9.17, 15) is 0 Å². The van der Waals surface area contributed by atoms with Gasteiger partial charge in [-0.3, -0.25) is 4.90 Å². The zero-order chi connectivity index (χ0) is 19.8. The summed E-state index contributed by atoms with van der Waals surface area (Å²) in [6.45, 7) is 13.7. The lowest BCUT2D eigenvalue weighted by atomic mass is 10.1. The number of fused-ring (bicyclic) bond motifs is 2. The van der Waals surface area contributed by atoms with Crippen molar-refractivity contribution < 1.29 is 4.74 Å². The van der Waals surface area contributed by atoms with Gasteiger partial charge in [-0.2, -0.15) is 0 Å². The molecule has 0 amide bonds. The van der Waals surface area contributed by atoms with E-state index in [0.717, 1.165) is 49.8 Å². The third kappa shape index (κ3) is 4.29. The monoisotopic (exact) mass is 405 g/mol. The Morgan fingerprint density at radius 1 is 0.857 bits per heavy atom. The molecule has 3 fully saturated rings. The summed E-state index contributed by atoms with van der Waals surface area (Å²) in [6, 6.07) is 8.80. The van der Waals surface area contributed by atoms with Crippen LogP contribution in [0.5, 0.6) is 5.75 Å². The summed E-state index contributed by atoms with van der Waals surface area (Å²) in [5.74, 6) is 0.941. The minimum absolute atomic E-state index is 0.302. The summed E-state index contributed by atoms with van der Waals surface area (Å²) in [5.41, 5.74) is 1.25. The van der Waals surface area contributed by atoms with Gasteiger partial charge in [0.05, 0.1) is 0 Å². The van der Waals surface area contributed by atoms with Gasteiger partial charge in [0.1, 0.15) is 11.9 Å². The first kappa shape index (κ1) is 20.3. The number of ether oxygens (including phenoxy) is 1. The number of benzene rings is 1. The number of piperidine rings is 1. The summed E-state index contributed by atoms with van der Waals surface area (Å²) < 4.78 is 6.40. The Kier molecular flexibility index (Phi) is 6.10. The highest BCUT2D eigenvalue weighted by atomic mass is 35.5. The van der Waals surface area contributed by atoms with Crippen LogP contribution in [0.15, 0.2) is 18.2 Å². The maximum Gasteiger partial charge on any atom is 0.123 e. The molecule has 0 saturated carbocycles. The van der Waals surface area contributed by atoms with Gasteiger partial charge in [0.25, 0.3) is 0 Å². The quantitative estimate of drug-likeness (QED) is 0.709. The van der Waals surface area contributed by atoms with Crippen LogP contribution in [-0.2, 0) is 0 Å². The van der Waals surface area contributed by atoms with Crippen molar-refractivity contribution in [3.63, 3.8) is 0 Å². The minimum atomic E-state index is 0.302. The van der Waals surface area contributed by atoms with Gasteiger partial charge in [-0.15, -0.1) is 0 Å². The van der Waals surface area contributed by atoms with Crippen LogP contribution in [0, 0.1) is 0 Å². The summed E-state index contributed by atoms with van der Waals surface area (Å²) in [4.78, 5) is 7.79. The summed E-state index contributed by atoms with van der Waals surface area (Å²) >= 11 is 6.52. The van der Waals surface area contributed by atoms with Gasteiger partial charge in [-0.05, 0) is 65.5 Å². The Labute approximate surface area is 175 Å². The number of hydrogen-bond donors (Lipinski definition) is 0. The van der Waals surface area contributed by atoms with Crippen LogP contribution in [0.4, 0.5) is 5.69 Å². The first-order chi connectivity index (χ1) is 13.4. The van der Waals surface area contributed by atoms with Gasteiger partial charge in [-0.25, -0.2) is 0 Å². The number of hydrogen-bond acceptors (Lipinski definition) is 4. The van der Waals surface area contributed by atoms with Crippen LogP contribution >= 0.6 is 11.6 Å². The first-order valence-electron chi connectivity index (χ1n) is 11.1. The Morgan fingerprint density at radius 3 is 2.04 bits per heavy atom. The number of piperazine rings is 1. The van der Waals surface area contributed by atoms with Gasteiger partial charge < -0.3 is 14.5 Å². The van der Waals surface area contributed by atoms with E-state index in [1.807, 2.05) is 6.07 Å². The Balaban J connectivity index is 1.45. The lowest BCUT2D eigenvalue weighted by molar-refractivity contribution is 0.0843. The normalized spacial score (nSPS) is 27.2. The second-order valence-corrected chi connectivity index (χ2v) is 9.87. The number of rotatable bonds is 5. The smallest absolute Gasteiger partial charge is 0.123 e. The van der Waals surface area contributed by atoms with E-state index in [-0.39, 0.29) is 0 Å². The van der Waals surface area contributed by atoms with E-state index in [2.05, 4.69) is 54.5 Å². The molecule has 4 rings (SSSR count). The van der Waals surface area contributed by atoms with E-state index >= 15 is 0 Å². The van der Waals surface area contributed by atoms with E-state index in [4.69, 9.17) is 16.3 Å². The third-order valence-electron chi connectivity index (χ3n) is 6.90. The highest BCUT2D eigenvalue weighted by Gasteiger charge is 2.40. The largest absolute Gasteiger partial charge is 0.490 e. The fourth-order valence-electron chi connectivity index (χ4n) is 5.25. The molecule has 1 aromatic carbocycles. The molecule has 3 saturated heterocycles. The summed E-state index contributed by atoms with van der Waals surface area (Å²) in [7, 11) is 0. The van der Waals surface area contributed by atoms with E-state index in [0.29, 0.717) is 30.3 Å². The second kappa shape index (κ2) is 8.41. The number of nitrogens with zero attached hydrogens (tertiary/aromatic N) is 3. The van der Waals surface area contributed by atoms with E-state index in [1.54, 1.807) is 0 Å².